The second-order valence-electron chi connectivity index (χ2n) is 13.7. The van der Waals surface area contributed by atoms with Gasteiger partial charge in [0, 0.05) is 17.8 Å². The Bertz CT molecular complexity index is 1100. The summed E-state index contributed by atoms with van der Waals surface area (Å²) >= 11 is 0. The fourth-order valence-corrected chi connectivity index (χ4v) is 5.99. The molecule has 296 valence electrons. The number of halogens is 12. The summed E-state index contributed by atoms with van der Waals surface area (Å²) in [5.74, 6) is -8.77. The molecule has 2 saturated carbocycles. The van der Waals surface area contributed by atoms with E-state index in [4.69, 9.17) is 9.47 Å². The molecule has 50 heavy (non-hydrogen) atoms. The van der Waals surface area contributed by atoms with Crippen molar-refractivity contribution in [2.24, 2.45) is 29.6 Å². The molecule has 0 spiro atoms. The quantitative estimate of drug-likeness (QED) is 0.162. The van der Waals surface area contributed by atoms with Gasteiger partial charge in [-0.3, -0.25) is 9.59 Å². The maximum absolute atomic E-state index is 13.3. The largest absolute Gasteiger partial charge is 0.462 e. The van der Waals surface area contributed by atoms with Crippen molar-refractivity contribution in [3.63, 3.8) is 0 Å². The topological polar surface area (TPSA) is 113 Å². The molecular weight excluding hydrogens is 712 g/mol. The molecule has 0 aromatic heterocycles. The fraction of sp³-hybridized carbons (Fsp3) is 0.935. The van der Waals surface area contributed by atoms with Crippen molar-refractivity contribution >= 4 is 11.9 Å². The maximum Gasteiger partial charge on any atom is 0.426 e. The Morgan fingerprint density at radius 3 is 1.42 bits per heavy atom. The molecule has 0 aromatic rings. The van der Waals surface area contributed by atoms with E-state index in [0.29, 0.717) is 25.7 Å². The first-order chi connectivity index (χ1) is 22.3. The lowest BCUT2D eigenvalue weighted by Gasteiger charge is -2.47. The molecule has 2 aliphatic rings. The zero-order valence-corrected chi connectivity index (χ0v) is 28.4. The van der Waals surface area contributed by atoms with Crippen LogP contribution < -0.4 is 0 Å². The Morgan fingerprint density at radius 2 is 1.02 bits per heavy atom. The van der Waals surface area contributed by atoms with Crippen molar-refractivity contribution in [2.45, 2.75) is 153 Å². The van der Waals surface area contributed by atoms with Gasteiger partial charge < -0.3 is 24.8 Å². The molecular formula is C31H46F12O7. The molecule has 3 N–H and O–H groups in total. The van der Waals surface area contributed by atoms with Gasteiger partial charge in [0.25, 0.3) is 5.60 Å². The Hall–Kier alpha value is -2.02. The van der Waals surface area contributed by atoms with Crippen molar-refractivity contribution in [1.29, 1.82) is 0 Å². The van der Waals surface area contributed by atoms with Crippen LogP contribution in [0.5, 0.6) is 0 Å². The Morgan fingerprint density at radius 1 is 0.620 bits per heavy atom. The summed E-state index contributed by atoms with van der Waals surface area (Å²) in [5.41, 5.74) is -11.8. The molecule has 0 aromatic carbocycles. The lowest BCUT2D eigenvalue weighted by Crippen LogP contribution is -2.64. The van der Waals surface area contributed by atoms with E-state index in [1.54, 1.807) is 13.8 Å². The van der Waals surface area contributed by atoms with E-state index in [1.807, 2.05) is 6.92 Å². The van der Waals surface area contributed by atoms with Gasteiger partial charge in [-0.2, -0.15) is 52.7 Å². The van der Waals surface area contributed by atoms with Gasteiger partial charge in [-0.25, -0.2) is 0 Å². The number of hydrogen-bond acceptors (Lipinski definition) is 7. The van der Waals surface area contributed by atoms with Gasteiger partial charge >= 0.3 is 36.6 Å². The van der Waals surface area contributed by atoms with Crippen LogP contribution in [0.2, 0.25) is 0 Å². The third-order valence-corrected chi connectivity index (χ3v) is 10.1. The predicted molar refractivity (Wildman–Crippen MR) is 152 cm³/mol. The molecule has 0 heterocycles. The van der Waals surface area contributed by atoms with Crippen LogP contribution in [0.15, 0.2) is 0 Å². The number of aliphatic hydroxyl groups is 3. The first-order valence-electron chi connectivity index (χ1n) is 16.2. The van der Waals surface area contributed by atoms with Gasteiger partial charge in [0.1, 0.15) is 12.2 Å². The van der Waals surface area contributed by atoms with Crippen molar-refractivity contribution in [3.8, 4) is 0 Å². The zero-order valence-electron chi connectivity index (χ0n) is 28.4. The third-order valence-electron chi connectivity index (χ3n) is 10.1. The number of ether oxygens (including phenoxy) is 2. The van der Waals surface area contributed by atoms with Gasteiger partial charge in [-0.15, -0.1) is 0 Å². The first-order valence-corrected chi connectivity index (χ1v) is 16.2. The van der Waals surface area contributed by atoms with Crippen LogP contribution in [0.1, 0.15) is 99.3 Å². The second kappa shape index (κ2) is 16.3. The predicted octanol–water partition coefficient (Wildman–Crippen LogP) is 7.98. The summed E-state index contributed by atoms with van der Waals surface area (Å²) < 4.78 is 168. The van der Waals surface area contributed by atoms with Gasteiger partial charge in [-0.05, 0) is 65.2 Å². The van der Waals surface area contributed by atoms with Crippen LogP contribution in [0, 0.1) is 29.6 Å². The Labute approximate surface area is 282 Å². The lowest BCUT2D eigenvalue weighted by atomic mass is 9.66. The van der Waals surface area contributed by atoms with Crippen LogP contribution >= 0.6 is 0 Å². The molecule has 9 atom stereocenters. The highest BCUT2D eigenvalue weighted by Gasteiger charge is 2.75. The molecule has 0 bridgehead atoms. The minimum Gasteiger partial charge on any atom is -0.462 e. The summed E-state index contributed by atoms with van der Waals surface area (Å²) in [5, 5.41) is 29.4. The number of alkyl halides is 12. The van der Waals surface area contributed by atoms with Crippen LogP contribution in [0.25, 0.3) is 0 Å². The Kier molecular flexibility index (Phi) is 15.0. The van der Waals surface area contributed by atoms with Crippen molar-refractivity contribution < 1.29 is 87.1 Å². The van der Waals surface area contributed by atoms with Gasteiger partial charge in [0.05, 0.1) is 11.8 Å². The summed E-state index contributed by atoms with van der Waals surface area (Å²) in [6.07, 6.45) is -26.1. The summed E-state index contributed by atoms with van der Waals surface area (Å²) in [7, 11) is 0. The van der Waals surface area contributed by atoms with Gasteiger partial charge in [0.2, 0.25) is 0 Å². The van der Waals surface area contributed by atoms with E-state index in [1.165, 1.54) is 6.92 Å². The highest BCUT2D eigenvalue weighted by molar-refractivity contribution is 5.72. The third kappa shape index (κ3) is 10.3. The molecule has 9 unspecified atom stereocenters. The smallest absolute Gasteiger partial charge is 0.426 e. The summed E-state index contributed by atoms with van der Waals surface area (Å²) in [6.45, 7) is 7.38. The molecule has 0 saturated heterocycles. The summed E-state index contributed by atoms with van der Waals surface area (Å²) in [6, 6.07) is 0. The standard InChI is InChI=1S/C17H23F9O4.C14H23F3O3/c1-4-8(2)12(27)30-11-6-9(13(3,28)15(18,19)20)5-10(7-11)14(29,16(21,22)23)17(24,25)26;1-4-9(2)12(18)20-11-8-6-5-7-10(11)13(3,19)14(15,16)17/h8-11,28-29H,4-7H2,1-3H3;9-11,19H,4-8H2,1-3H3. The Balaban J connectivity index is 0.000000542. The zero-order chi connectivity index (χ0) is 39.5. The number of rotatable bonds is 9. The second-order valence-corrected chi connectivity index (χ2v) is 13.7. The molecule has 2 aliphatic carbocycles. The van der Waals surface area contributed by atoms with Gasteiger partial charge in [0.15, 0.2) is 11.2 Å². The van der Waals surface area contributed by atoms with Crippen molar-refractivity contribution in [2.75, 3.05) is 0 Å². The minimum atomic E-state index is -6.27. The van der Waals surface area contributed by atoms with Crippen LogP contribution in [-0.2, 0) is 19.1 Å². The van der Waals surface area contributed by atoms with E-state index in [2.05, 4.69) is 0 Å². The van der Waals surface area contributed by atoms with Crippen molar-refractivity contribution in [1.82, 2.24) is 0 Å². The van der Waals surface area contributed by atoms with E-state index in [9.17, 15) is 77.6 Å². The fourth-order valence-electron chi connectivity index (χ4n) is 5.99. The number of hydrogen-bond donors (Lipinski definition) is 3. The highest BCUT2D eigenvalue weighted by Crippen LogP contribution is 2.55. The molecule has 7 nitrogen and oxygen atoms in total. The molecule has 0 aliphatic heterocycles. The van der Waals surface area contributed by atoms with Crippen LogP contribution in [0.4, 0.5) is 52.7 Å². The van der Waals surface area contributed by atoms with Gasteiger partial charge in [-0.1, -0.05) is 34.1 Å². The SMILES string of the molecule is CCC(C)C(=O)OC1CC(C(C)(O)C(F)(F)F)CC(C(O)(C(F)(F)F)C(F)(F)F)C1.CCC(C)C(=O)OC1CCCCC1C(C)(O)C(F)(F)F. The molecule has 0 amide bonds. The lowest BCUT2D eigenvalue weighted by molar-refractivity contribution is -0.391. The number of esters is 2. The molecule has 2 fully saturated rings. The molecule has 2 rings (SSSR count). The maximum atomic E-state index is 13.3. The number of carbonyl (C=O) groups excluding carboxylic acids is 2. The number of carbonyl (C=O) groups is 2. The highest BCUT2D eigenvalue weighted by atomic mass is 19.4. The molecule has 0 radical (unpaired) electrons. The normalized spacial score (nSPS) is 27.8. The van der Waals surface area contributed by atoms with E-state index < -0.39 is 109 Å². The van der Waals surface area contributed by atoms with Crippen LogP contribution in [-0.4, -0.2) is 81.0 Å². The monoisotopic (exact) mass is 758 g/mol. The average Bonchev–Trinajstić information content (AvgIpc) is 2.97. The minimum absolute atomic E-state index is 0.202. The van der Waals surface area contributed by atoms with E-state index >= 15 is 0 Å². The van der Waals surface area contributed by atoms with Crippen LogP contribution in [0.3, 0.4) is 0 Å². The van der Waals surface area contributed by atoms with E-state index in [0.717, 1.165) is 6.92 Å². The van der Waals surface area contributed by atoms with Crippen molar-refractivity contribution in [3.05, 3.63) is 0 Å². The molecule has 19 heteroatoms. The van der Waals surface area contributed by atoms with E-state index in [-0.39, 0.29) is 25.7 Å². The average molecular weight is 759 g/mol. The summed E-state index contributed by atoms with van der Waals surface area (Å²) in [4.78, 5) is 23.7. The first kappa shape index (κ1) is 46.0.